The third kappa shape index (κ3) is 2.06. The lowest BCUT2D eigenvalue weighted by atomic mass is 10.1. The monoisotopic (exact) mass is 199 g/mol. The minimum atomic E-state index is 0.554. The van der Waals surface area contributed by atoms with Gasteiger partial charge >= 0.3 is 0 Å². The third-order valence-electron chi connectivity index (χ3n) is 1.77. The zero-order chi connectivity index (χ0) is 9.14. The lowest BCUT2D eigenvalue weighted by Crippen LogP contribution is -1.81. The number of benzene rings is 1. The molecule has 0 amide bonds. The van der Waals surface area contributed by atoms with Crippen LogP contribution >= 0.6 is 19.0 Å². The lowest BCUT2D eigenvalue weighted by Gasteiger charge is -2.04. The van der Waals surface area contributed by atoms with Crippen LogP contribution in [0.25, 0.3) is 0 Å². The SMILES string of the molecule is Cc1cc(C)c(N=PCl)c(C)c1. The quantitative estimate of drug-likeness (QED) is 0.590. The van der Waals surface area contributed by atoms with Gasteiger partial charge in [0, 0.05) is 0 Å². The van der Waals surface area contributed by atoms with E-state index in [1.54, 1.807) is 0 Å². The standard InChI is InChI=1S/C9H11ClNP/c1-6-4-7(2)9(11-12-10)8(3)5-6/h4-5H,1-3H3. The summed E-state index contributed by atoms with van der Waals surface area (Å²) < 4.78 is 4.18. The highest BCUT2D eigenvalue weighted by molar-refractivity contribution is 7.60. The smallest absolute Gasteiger partial charge is 0.119 e. The molecule has 0 aromatic heterocycles. The molecule has 0 spiro atoms. The zero-order valence-electron chi connectivity index (χ0n) is 7.43. The van der Waals surface area contributed by atoms with Crippen molar-refractivity contribution in [2.75, 3.05) is 0 Å². The first-order chi connectivity index (χ1) is 5.65. The van der Waals surface area contributed by atoms with Crippen LogP contribution in [0.2, 0.25) is 0 Å². The van der Waals surface area contributed by atoms with Crippen molar-refractivity contribution in [2.45, 2.75) is 20.8 Å². The molecule has 64 valence electrons. The molecule has 3 heteroatoms. The number of hydrogen-bond acceptors (Lipinski definition) is 1. The van der Waals surface area contributed by atoms with E-state index in [9.17, 15) is 0 Å². The molecular weight excluding hydrogens is 189 g/mol. The van der Waals surface area contributed by atoms with Crippen molar-refractivity contribution in [3.05, 3.63) is 28.8 Å². The maximum absolute atomic E-state index is 5.53. The Morgan fingerprint density at radius 3 is 2.08 bits per heavy atom. The van der Waals surface area contributed by atoms with Crippen LogP contribution in [-0.2, 0) is 0 Å². The van der Waals surface area contributed by atoms with Crippen molar-refractivity contribution in [1.29, 1.82) is 0 Å². The Morgan fingerprint density at radius 2 is 1.67 bits per heavy atom. The van der Waals surface area contributed by atoms with Crippen molar-refractivity contribution in [1.82, 2.24) is 0 Å². The first-order valence-corrected chi connectivity index (χ1v) is 5.50. The summed E-state index contributed by atoms with van der Waals surface area (Å²) in [6.07, 6.45) is 0. The first-order valence-electron chi connectivity index (χ1n) is 3.75. The predicted molar refractivity (Wildman–Crippen MR) is 55.5 cm³/mol. The molecule has 1 aromatic carbocycles. The van der Waals surface area contributed by atoms with Crippen LogP contribution < -0.4 is 0 Å². The largest absolute Gasteiger partial charge is 0.215 e. The van der Waals surface area contributed by atoms with Crippen molar-refractivity contribution < 1.29 is 0 Å². The Labute approximate surface area is 79.4 Å². The van der Waals surface area contributed by atoms with E-state index in [1.165, 1.54) is 16.7 Å². The topological polar surface area (TPSA) is 12.4 Å². The number of halogens is 1. The molecule has 0 saturated heterocycles. The maximum Gasteiger partial charge on any atom is 0.119 e. The van der Waals surface area contributed by atoms with E-state index in [1.807, 2.05) is 0 Å². The third-order valence-corrected chi connectivity index (χ3v) is 2.28. The highest BCUT2D eigenvalue weighted by atomic mass is 35.7. The second-order valence-corrected chi connectivity index (χ2v) is 3.73. The van der Waals surface area contributed by atoms with E-state index < -0.39 is 0 Å². The van der Waals surface area contributed by atoms with Gasteiger partial charge in [0.2, 0.25) is 0 Å². The van der Waals surface area contributed by atoms with Gasteiger partial charge in [-0.25, -0.2) is 4.74 Å². The molecule has 12 heavy (non-hydrogen) atoms. The molecule has 1 nitrogen and oxygen atoms in total. The summed E-state index contributed by atoms with van der Waals surface area (Å²) in [6, 6.07) is 4.24. The molecule has 0 aliphatic rings. The summed E-state index contributed by atoms with van der Waals surface area (Å²) in [4.78, 5) is 0. The summed E-state index contributed by atoms with van der Waals surface area (Å²) >= 11 is 5.53. The van der Waals surface area contributed by atoms with Crippen molar-refractivity contribution in [3.63, 3.8) is 0 Å². The molecule has 0 saturated carbocycles. The molecule has 0 aliphatic heterocycles. The molecule has 0 atom stereocenters. The number of aryl methyl sites for hydroxylation is 3. The number of hydrogen-bond donors (Lipinski definition) is 0. The molecule has 0 N–H and O–H groups in total. The van der Waals surface area contributed by atoms with Gasteiger partial charge in [0.25, 0.3) is 0 Å². The van der Waals surface area contributed by atoms with Gasteiger partial charge in [0.1, 0.15) is 7.73 Å². The maximum atomic E-state index is 5.53. The Bertz CT molecular complexity index is 297. The minimum absolute atomic E-state index is 0.554. The normalized spacial score (nSPS) is 11.0. The Kier molecular flexibility index (Phi) is 3.25. The molecule has 0 fully saturated rings. The lowest BCUT2D eigenvalue weighted by molar-refractivity contribution is 1.30. The summed E-state index contributed by atoms with van der Waals surface area (Å²) in [5, 5.41) is 0. The van der Waals surface area contributed by atoms with E-state index in [4.69, 9.17) is 11.2 Å². The van der Waals surface area contributed by atoms with Gasteiger partial charge in [-0.1, -0.05) is 17.7 Å². The molecular formula is C9H11ClNP. The van der Waals surface area contributed by atoms with Crippen LogP contribution in [0.1, 0.15) is 16.7 Å². The molecule has 0 radical (unpaired) electrons. The van der Waals surface area contributed by atoms with Gasteiger partial charge in [-0.15, -0.1) is 0 Å². The van der Waals surface area contributed by atoms with Gasteiger partial charge in [0.15, 0.2) is 0 Å². The summed E-state index contributed by atoms with van der Waals surface area (Å²) in [7, 11) is 0.554. The van der Waals surface area contributed by atoms with Crippen molar-refractivity contribution >= 4 is 24.7 Å². The predicted octanol–water partition coefficient (Wildman–Crippen LogP) is 4.53. The van der Waals surface area contributed by atoms with Gasteiger partial charge in [-0.2, -0.15) is 0 Å². The van der Waals surface area contributed by atoms with E-state index in [0.29, 0.717) is 7.73 Å². The zero-order valence-corrected chi connectivity index (χ0v) is 9.08. The first kappa shape index (κ1) is 9.70. The molecule has 0 heterocycles. The van der Waals surface area contributed by atoms with Crippen LogP contribution in [0.15, 0.2) is 16.9 Å². The van der Waals surface area contributed by atoms with E-state index in [0.717, 1.165) is 5.69 Å². The summed E-state index contributed by atoms with van der Waals surface area (Å²) in [5.41, 5.74) is 4.69. The molecule has 0 bridgehead atoms. The van der Waals surface area contributed by atoms with Gasteiger partial charge < -0.3 is 0 Å². The highest BCUT2D eigenvalue weighted by Crippen LogP contribution is 2.28. The fourth-order valence-electron chi connectivity index (χ4n) is 1.37. The number of rotatable bonds is 1. The Hall–Kier alpha value is -0.390. The Balaban J connectivity index is 3.28. The molecule has 0 unspecified atom stereocenters. The van der Waals surface area contributed by atoms with E-state index in [2.05, 4.69) is 37.6 Å². The summed E-state index contributed by atoms with van der Waals surface area (Å²) in [6.45, 7) is 6.20. The minimum Gasteiger partial charge on any atom is -0.215 e. The van der Waals surface area contributed by atoms with Crippen LogP contribution in [-0.4, -0.2) is 0 Å². The summed E-state index contributed by atoms with van der Waals surface area (Å²) in [5.74, 6) is 0. The fourth-order valence-corrected chi connectivity index (χ4v) is 1.99. The van der Waals surface area contributed by atoms with Crippen LogP contribution in [0.3, 0.4) is 0 Å². The van der Waals surface area contributed by atoms with Crippen molar-refractivity contribution in [2.24, 2.45) is 4.74 Å². The average Bonchev–Trinajstić information content (AvgIpc) is 1.96. The second-order valence-electron chi connectivity index (χ2n) is 2.92. The van der Waals surface area contributed by atoms with Crippen LogP contribution in [0, 0.1) is 20.8 Å². The second kappa shape index (κ2) is 4.02. The fraction of sp³-hybridized carbons (Fsp3) is 0.333. The van der Waals surface area contributed by atoms with E-state index >= 15 is 0 Å². The van der Waals surface area contributed by atoms with Crippen LogP contribution in [0.4, 0.5) is 5.69 Å². The van der Waals surface area contributed by atoms with Gasteiger partial charge in [0.05, 0.1) is 5.69 Å². The molecule has 1 aromatic rings. The van der Waals surface area contributed by atoms with Gasteiger partial charge in [-0.05, 0) is 43.1 Å². The Morgan fingerprint density at radius 1 is 1.17 bits per heavy atom. The molecule has 1 rings (SSSR count). The molecule has 0 aliphatic carbocycles. The van der Waals surface area contributed by atoms with Gasteiger partial charge in [-0.3, -0.25) is 0 Å². The van der Waals surface area contributed by atoms with Crippen molar-refractivity contribution in [3.8, 4) is 0 Å². The average molecular weight is 200 g/mol. The van der Waals surface area contributed by atoms with E-state index in [-0.39, 0.29) is 0 Å². The number of nitrogens with zero attached hydrogens (tertiary/aromatic N) is 1. The van der Waals surface area contributed by atoms with Crippen LogP contribution in [0.5, 0.6) is 0 Å². The highest BCUT2D eigenvalue weighted by Gasteiger charge is 2.00.